The van der Waals surface area contributed by atoms with Crippen LogP contribution >= 0.6 is 12.2 Å². The number of nitrogens with zero attached hydrogens (tertiary/aromatic N) is 1. The third kappa shape index (κ3) is 8.04. The van der Waals surface area contributed by atoms with Crippen LogP contribution in [-0.4, -0.2) is 25.0 Å². The summed E-state index contributed by atoms with van der Waals surface area (Å²) in [7, 11) is -1.59. The first-order valence-corrected chi connectivity index (χ1v) is 11.7. The van der Waals surface area contributed by atoms with E-state index >= 15 is 0 Å². The summed E-state index contributed by atoms with van der Waals surface area (Å²) in [5.74, 6) is 0. The van der Waals surface area contributed by atoms with Crippen LogP contribution in [0.4, 0.5) is 0 Å². The molecule has 0 atom stereocenters. The molecule has 1 aromatic heterocycles. The van der Waals surface area contributed by atoms with Gasteiger partial charge in [0.05, 0.1) is 5.69 Å². The Morgan fingerprint density at radius 2 is 1.91 bits per heavy atom. The van der Waals surface area contributed by atoms with Gasteiger partial charge in [-0.05, 0) is 55.3 Å². The Morgan fingerprint density at radius 3 is 2.52 bits per heavy atom. The Balaban J connectivity index is 2.08. The molecule has 130 valence electrons. The van der Waals surface area contributed by atoms with Crippen molar-refractivity contribution in [1.29, 1.82) is 0 Å². The van der Waals surface area contributed by atoms with Gasteiger partial charge in [0, 0.05) is 19.2 Å². The minimum atomic E-state index is -1.59. The first kappa shape index (κ1) is 20.3. The second-order valence-electron chi connectivity index (χ2n) is 7.40. The van der Waals surface area contributed by atoms with Crippen LogP contribution in [0.2, 0.25) is 18.1 Å². The van der Waals surface area contributed by atoms with Gasteiger partial charge in [-0.15, -0.1) is 0 Å². The number of thiocarbonyl (C=S) groups is 1. The van der Waals surface area contributed by atoms with E-state index in [2.05, 4.69) is 38.8 Å². The minimum absolute atomic E-state index is 0.286. The predicted octanol–water partition coefficient (Wildman–Crippen LogP) is 5.51. The summed E-state index contributed by atoms with van der Waals surface area (Å²) >= 11 is 5.26. The number of unbranched alkanes of at least 4 members (excludes halogenated alkanes) is 2. The monoisotopic (exact) mass is 353 g/mol. The number of hydrogen-bond acceptors (Lipinski definition) is 4. The Bertz CT molecular complexity index is 472. The van der Waals surface area contributed by atoms with Crippen molar-refractivity contribution in [1.82, 2.24) is 4.98 Å². The summed E-state index contributed by atoms with van der Waals surface area (Å²) in [6.45, 7) is 12.7. The highest BCUT2D eigenvalue weighted by Gasteiger charge is 2.36. The van der Waals surface area contributed by atoms with Crippen LogP contribution < -0.4 is 0 Å². The summed E-state index contributed by atoms with van der Waals surface area (Å²) in [6, 6.07) is 5.80. The molecule has 0 aromatic carbocycles. The second kappa shape index (κ2) is 9.50. The Morgan fingerprint density at radius 1 is 1.17 bits per heavy atom. The highest BCUT2D eigenvalue weighted by molar-refractivity contribution is 7.80. The van der Waals surface area contributed by atoms with E-state index in [9.17, 15) is 0 Å². The van der Waals surface area contributed by atoms with Gasteiger partial charge in [0.25, 0.3) is 0 Å². The topological polar surface area (TPSA) is 31.4 Å². The molecule has 23 heavy (non-hydrogen) atoms. The molecule has 0 radical (unpaired) electrons. The van der Waals surface area contributed by atoms with Crippen LogP contribution in [0.25, 0.3) is 0 Å². The van der Waals surface area contributed by atoms with Crippen molar-refractivity contribution >= 4 is 25.6 Å². The van der Waals surface area contributed by atoms with Crippen molar-refractivity contribution in [3.8, 4) is 0 Å². The molecule has 0 spiro atoms. The lowest BCUT2D eigenvalue weighted by molar-refractivity contribution is 0.273. The summed E-state index contributed by atoms with van der Waals surface area (Å²) in [5, 5.41) is 0.967. The molecule has 0 aliphatic heterocycles. The standard InChI is InChI=1S/C18H31NO2SSi/c1-18(2,3)23(4,5)21-14-10-6-7-12-17(22)20-15-16-11-8-9-13-19-16/h8-9,11,13H,6-7,10,12,14-15H2,1-5H3. The van der Waals surface area contributed by atoms with Gasteiger partial charge >= 0.3 is 0 Å². The zero-order valence-corrected chi connectivity index (χ0v) is 17.0. The molecular weight excluding hydrogens is 322 g/mol. The average molecular weight is 354 g/mol. The predicted molar refractivity (Wildman–Crippen MR) is 103 cm³/mol. The zero-order chi connectivity index (χ0) is 17.3. The minimum Gasteiger partial charge on any atom is -0.481 e. The number of hydrogen-bond donors (Lipinski definition) is 0. The van der Waals surface area contributed by atoms with Crippen LogP contribution in [0.15, 0.2) is 24.4 Å². The zero-order valence-electron chi connectivity index (χ0n) is 15.2. The maximum Gasteiger partial charge on any atom is 0.191 e. The average Bonchev–Trinajstić information content (AvgIpc) is 2.48. The fourth-order valence-corrected chi connectivity index (χ4v) is 3.09. The Labute approximate surface area is 147 Å². The van der Waals surface area contributed by atoms with Crippen LogP contribution in [-0.2, 0) is 15.8 Å². The largest absolute Gasteiger partial charge is 0.481 e. The normalized spacial score (nSPS) is 12.2. The first-order chi connectivity index (χ1) is 10.7. The van der Waals surface area contributed by atoms with Crippen LogP contribution in [0, 0.1) is 0 Å². The molecule has 0 aliphatic carbocycles. The van der Waals surface area contributed by atoms with Gasteiger partial charge in [0.15, 0.2) is 13.4 Å². The number of aromatic nitrogens is 1. The first-order valence-electron chi connectivity index (χ1n) is 8.42. The summed E-state index contributed by atoms with van der Waals surface area (Å²) in [6.07, 6.45) is 5.88. The van der Waals surface area contributed by atoms with Gasteiger partial charge in [-0.2, -0.15) is 0 Å². The van der Waals surface area contributed by atoms with E-state index in [0.717, 1.165) is 38.0 Å². The molecule has 0 unspecified atom stereocenters. The summed E-state index contributed by atoms with van der Waals surface area (Å²) in [5.41, 5.74) is 0.914. The number of ether oxygens (including phenoxy) is 1. The second-order valence-corrected chi connectivity index (χ2v) is 12.7. The number of rotatable bonds is 9. The van der Waals surface area contributed by atoms with Gasteiger partial charge in [-0.3, -0.25) is 4.98 Å². The van der Waals surface area contributed by atoms with Gasteiger partial charge in [0.2, 0.25) is 0 Å². The van der Waals surface area contributed by atoms with Crippen molar-refractivity contribution < 1.29 is 9.16 Å². The summed E-state index contributed by atoms with van der Waals surface area (Å²) < 4.78 is 11.8. The molecule has 0 fully saturated rings. The molecule has 0 bridgehead atoms. The molecule has 5 heteroatoms. The van der Waals surface area contributed by atoms with E-state index in [1.54, 1.807) is 6.20 Å². The maximum absolute atomic E-state index is 6.17. The highest BCUT2D eigenvalue weighted by Crippen LogP contribution is 2.36. The van der Waals surface area contributed by atoms with Gasteiger partial charge in [-0.25, -0.2) is 0 Å². The lowest BCUT2D eigenvalue weighted by atomic mass is 10.2. The lowest BCUT2D eigenvalue weighted by Gasteiger charge is -2.36. The van der Waals surface area contributed by atoms with Crippen molar-refractivity contribution in [2.45, 2.75) is 71.2 Å². The highest BCUT2D eigenvalue weighted by atomic mass is 32.1. The molecule has 1 heterocycles. The van der Waals surface area contributed by atoms with Crippen LogP contribution in [0.5, 0.6) is 0 Å². The molecule has 3 nitrogen and oxygen atoms in total. The van der Waals surface area contributed by atoms with Crippen LogP contribution in [0.1, 0.15) is 52.1 Å². The fraction of sp³-hybridized carbons (Fsp3) is 0.667. The van der Waals surface area contributed by atoms with E-state index in [-0.39, 0.29) is 5.04 Å². The molecule has 0 N–H and O–H groups in total. The Kier molecular flexibility index (Phi) is 8.37. The molecule has 0 amide bonds. The third-order valence-electron chi connectivity index (χ3n) is 4.40. The van der Waals surface area contributed by atoms with Crippen molar-refractivity contribution in [3.63, 3.8) is 0 Å². The van der Waals surface area contributed by atoms with Gasteiger partial charge < -0.3 is 9.16 Å². The maximum atomic E-state index is 6.17. The fourth-order valence-electron chi connectivity index (χ4n) is 1.80. The van der Waals surface area contributed by atoms with E-state index in [4.69, 9.17) is 21.4 Å². The Hall–Kier alpha value is -0.783. The van der Waals surface area contributed by atoms with Gasteiger partial charge in [0.1, 0.15) is 6.61 Å². The molecule has 1 aromatic rings. The SMILES string of the molecule is CC(C)(C)[Si](C)(C)OCCCCCC(=S)OCc1ccccn1. The van der Waals surface area contributed by atoms with Crippen molar-refractivity contribution in [2.24, 2.45) is 0 Å². The lowest BCUT2D eigenvalue weighted by Crippen LogP contribution is -2.40. The van der Waals surface area contributed by atoms with Crippen molar-refractivity contribution in [3.05, 3.63) is 30.1 Å². The van der Waals surface area contributed by atoms with E-state index in [1.807, 2.05) is 18.2 Å². The molecule has 0 saturated heterocycles. The van der Waals surface area contributed by atoms with Crippen LogP contribution in [0.3, 0.4) is 0 Å². The summed E-state index contributed by atoms with van der Waals surface area (Å²) in [4.78, 5) is 4.22. The molecule has 0 saturated carbocycles. The third-order valence-corrected chi connectivity index (χ3v) is 9.26. The van der Waals surface area contributed by atoms with Crippen molar-refractivity contribution in [2.75, 3.05) is 6.61 Å². The molecular formula is C18H31NO2SSi. The van der Waals surface area contributed by atoms with E-state index in [1.165, 1.54) is 0 Å². The van der Waals surface area contributed by atoms with Gasteiger partial charge in [-0.1, -0.05) is 33.3 Å². The van der Waals surface area contributed by atoms with E-state index < -0.39 is 8.32 Å². The van der Waals surface area contributed by atoms with E-state index in [0.29, 0.717) is 11.7 Å². The smallest absolute Gasteiger partial charge is 0.191 e. The molecule has 1 rings (SSSR count). The number of pyridine rings is 1. The quantitative estimate of drug-likeness (QED) is 0.333. The molecule has 0 aliphatic rings.